The number of hydrogen-bond acceptors (Lipinski definition) is 2. The predicted octanol–water partition coefficient (Wildman–Crippen LogP) is 1.54. The molecule has 0 bridgehead atoms. The van der Waals surface area contributed by atoms with Gasteiger partial charge in [-0.15, -0.1) is 0 Å². The van der Waals surface area contributed by atoms with Crippen molar-refractivity contribution >= 4 is 0 Å². The molecule has 0 aliphatic heterocycles. The van der Waals surface area contributed by atoms with Crippen molar-refractivity contribution in [2.24, 2.45) is 5.92 Å². The summed E-state index contributed by atoms with van der Waals surface area (Å²) in [6.45, 7) is 4.58. The number of nitrogens with one attached hydrogen (secondary N) is 1. The molecule has 2 heteroatoms. The summed E-state index contributed by atoms with van der Waals surface area (Å²) in [5.41, 5.74) is 0. The first-order valence-electron chi connectivity index (χ1n) is 5.11. The smallest absolute Gasteiger partial charge is 0.0587 e. The first-order chi connectivity index (χ1) is 5.74. The van der Waals surface area contributed by atoms with Gasteiger partial charge in [0.15, 0.2) is 0 Å². The van der Waals surface area contributed by atoms with Gasteiger partial charge in [-0.2, -0.15) is 0 Å². The largest absolute Gasteiger partial charge is 0.395 e. The zero-order valence-electron chi connectivity index (χ0n) is 8.21. The standard InChI is InChI=1S/C10H21NO/c1-8(2)10(7-12)11-9-5-3-4-6-9/h8-12H,3-7H2,1-2H3. The third-order valence-electron chi connectivity index (χ3n) is 2.81. The summed E-state index contributed by atoms with van der Waals surface area (Å²) in [6, 6.07) is 0.970. The second-order valence-corrected chi connectivity index (χ2v) is 4.18. The van der Waals surface area contributed by atoms with Crippen LogP contribution in [0.3, 0.4) is 0 Å². The van der Waals surface area contributed by atoms with Crippen molar-refractivity contribution < 1.29 is 5.11 Å². The van der Waals surface area contributed by atoms with Gasteiger partial charge in [0.25, 0.3) is 0 Å². The van der Waals surface area contributed by atoms with Crippen molar-refractivity contribution in [3.05, 3.63) is 0 Å². The molecule has 1 atom stereocenters. The summed E-state index contributed by atoms with van der Waals surface area (Å²) in [7, 11) is 0. The molecule has 0 aromatic carbocycles. The van der Waals surface area contributed by atoms with Crippen LogP contribution < -0.4 is 5.32 Å². The molecule has 0 saturated heterocycles. The maximum atomic E-state index is 9.09. The van der Waals surface area contributed by atoms with Gasteiger partial charge in [-0.25, -0.2) is 0 Å². The predicted molar refractivity (Wildman–Crippen MR) is 51.1 cm³/mol. The molecular formula is C10H21NO. The van der Waals surface area contributed by atoms with Crippen LogP contribution in [0.15, 0.2) is 0 Å². The molecule has 2 N–H and O–H groups in total. The second-order valence-electron chi connectivity index (χ2n) is 4.18. The fourth-order valence-corrected chi connectivity index (χ4v) is 1.85. The molecule has 2 nitrogen and oxygen atoms in total. The van der Waals surface area contributed by atoms with Gasteiger partial charge >= 0.3 is 0 Å². The molecule has 1 aliphatic rings. The van der Waals surface area contributed by atoms with Crippen LogP contribution in [-0.2, 0) is 0 Å². The molecular weight excluding hydrogens is 150 g/mol. The van der Waals surface area contributed by atoms with Crippen LogP contribution in [0.1, 0.15) is 39.5 Å². The maximum Gasteiger partial charge on any atom is 0.0587 e. The van der Waals surface area contributed by atoms with Crippen LogP contribution in [0.2, 0.25) is 0 Å². The Morgan fingerprint density at radius 3 is 2.33 bits per heavy atom. The summed E-state index contributed by atoms with van der Waals surface area (Å²) < 4.78 is 0. The van der Waals surface area contributed by atoms with E-state index in [-0.39, 0.29) is 6.61 Å². The van der Waals surface area contributed by atoms with Crippen LogP contribution >= 0.6 is 0 Å². The first kappa shape index (κ1) is 10.0. The summed E-state index contributed by atoms with van der Waals surface area (Å²) in [5, 5.41) is 12.6. The topological polar surface area (TPSA) is 32.3 Å². The van der Waals surface area contributed by atoms with E-state index in [9.17, 15) is 0 Å². The monoisotopic (exact) mass is 171 g/mol. The molecule has 0 amide bonds. The van der Waals surface area contributed by atoms with E-state index >= 15 is 0 Å². The maximum absolute atomic E-state index is 9.09. The van der Waals surface area contributed by atoms with Gasteiger partial charge in [0.2, 0.25) is 0 Å². The third kappa shape index (κ3) is 2.76. The molecule has 0 heterocycles. The normalized spacial score (nSPS) is 22.0. The van der Waals surface area contributed by atoms with Crippen LogP contribution in [0, 0.1) is 5.92 Å². The van der Waals surface area contributed by atoms with Crippen LogP contribution in [0.25, 0.3) is 0 Å². The number of aliphatic hydroxyl groups excluding tert-OH is 1. The van der Waals surface area contributed by atoms with E-state index in [0.29, 0.717) is 18.0 Å². The van der Waals surface area contributed by atoms with Gasteiger partial charge in [0.1, 0.15) is 0 Å². The van der Waals surface area contributed by atoms with Crippen molar-refractivity contribution in [3.8, 4) is 0 Å². The molecule has 0 aromatic heterocycles. The average Bonchev–Trinajstić information content (AvgIpc) is 2.51. The highest BCUT2D eigenvalue weighted by atomic mass is 16.3. The Kier molecular flexibility index (Phi) is 4.02. The Hall–Kier alpha value is -0.0800. The molecule has 1 aliphatic carbocycles. The molecule has 0 spiro atoms. The lowest BCUT2D eigenvalue weighted by atomic mass is 10.0. The van der Waals surface area contributed by atoms with E-state index in [0.717, 1.165) is 0 Å². The van der Waals surface area contributed by atoms with Crippen molar-refractivity contribution in [1.82, 2.24) is 5.32 Å². The Morgan fingerprint density at radius 1 is 1.33 bits per heavy atom. The summed E-state index contributed by atoms with van der Waals surface area (Å²) in [5.74, 6) is 0.538. The molecule has 72 valence electrons. The van der Waals surface area contributed by atoms with Crippen molar-refractivity contribution in [2.45, 2.75) is 51.6 Å². The number of aliphatic hydroxyl groups is 1. The molecule has 1 rings (SSSR count). The highest BCUT2D eigenvalue weighted by molar-refractivity contribution is 4.79. The zero-order valence-corrected chi connectivity index (χ0v) is 8.21. The summed E-state index contributed by atoms with van der Waals surface area (Å²) in [4.78, 5) is 0. The Bertz CT molecular complexity index is 119. The minimum atomic E-state index is 0.272. The quantitative estimate of drug-likeness (QED) is 0.672. The van der Waals surface area contributed by atoms with E-state index in [1.54, 1.807) is 0 Å². The lowest BCUT2D eigenvalue weighted by molar-refractivity contribution is 0.199. The van der Waals surface area contributed by atoms with Crippen molar-refractivity contribution in [1.29, 1.82) is 0 Å². The van der Waals surface area contributed by atoms with E-state index in [1.807, 2.05) is 0 Å². The number of hydrogen-bond donors (Lipinski definition) is 2. The average molecular weight is 171 g/mol. The van der Waals surface area contributed by atoms with Crippen LogP contribution in [0.4, 0.5) is 0 Å². The summed E-state index contributed by atoms with van der Waals surface area (Å²) >= 11 is 0. The molecule has 0 aromatic rings. The van der Waals surface area contributed by atoms with Crippen molar-refractivity contribution in [3.63, 3.8) is 0 Å². The molecule has 0 radical (unpaired) electrons. The van der Waals surface area contributed by atoms with E-state index in [2.05, 4.69) is 19.2 Å². The second kappa shape index (κ2) is 4.83. The Balaban J connectivity index is 2.26. The Labute approximate surface area is 75.4 Å². The van der Waals surface area contributed by atoms with Crippen molar-refractivity contribution in [2.75, 3.05) is 6.61 Å². The molecule has 1 saturated carbocycles. The van der Waals surface area contributed by atoms with Crippen LogP contribution in [0.5, 0.6) is 0 Å². The van der Waals surface area contributed by atoms with Gasteiger partial charge in [-0.05, 0) is 18.8 Å². The lowest BCUT2D eigenvalue weighted by Gasteiger charge is -2.24. The van der Waals surface area contributed by atoms with E-state index < -0.39 is 0 Å². The highest BCUT2D eigenvalue weighted by Gasteiger charge is 2.20. The fraction of sp³-hybridized carbons (Fsp3) is 1.00. The van der Waals surface area contributed by atoms with Gasteiger partial charge in [0.05, 0.1) is 6.61 Å². The van der Waals surface area contributed by atoms with Gasteiger partial charge in [-0.3, -0.25) is 0 Å². The number of rotatable bonds is 4. The van der Waals surface area contributed by atoms with Gasteiger partial charge in [0, 0.05) is 12.1 Å². The first-order valence-corrected chi connectivity index (χ1v) is 5.11. The Morgan fingerprint density at radius 2 is 1.92 bits per heavy atom. The minimum absolute atomic E-state index is 0.272. The van der Waals surface area contributed by atoms with E-state index in [4.69, 9.17) is 5.11 Å². The molecule has 1 fully saturated rings. The lowest BCUT2D eigenvalue weighted by Crippen LogP contribution is -2.42. The fourth-order valence-electron chi connectivity index (χ4n) is 1.85. The molecule has 12 heavy (non-hydrogen) atoms. The van der Waals surface area contributed by atoms with E-state index in [1.165, 1.54) is 25.7 Å². The minimum Gasteiger partial charge on any atom is -0.395 e. The summed E-state index contributed by atoms with van der Waals surface area (Å²) in [6.07, 6.45) is 5.30. The highest BCUT2D eigenvalue weighted by Crippen LogP contribution is 2.19. The van der Waals surface area contributed by atoms with Gasteiger partial charge < -0.3 is 10.4 Å². The SMILES string of the molecule is CC(C)C(CO)NC1CCCC1. The molecule has 1 unspecified atom stereocenters. The van der Waals surface area contributed by atoms with Gasteiger partial charge in [-0.1, -0.05) is 26.7 Å². The third-order valence-corrected chi connectivity index (χ3v) is 2.81. The van der Waals surface area contributed by atoms with Crippen LogP contribution in [-0.4, -0.2) is 23.8 Å². The zero-order chi connectivity index (χ0) is 8.97.